The maximum atomic E-state index is 10.1. The molecule has 0 spiro atoms. The average molecular weight is 309 g/mol. The molecule has 1 aromatic heterocycles. The number of hydrogen-bond donors (Lipinski definition) is 1. The second-order valence-electron chi connectivity index (χ2n) is 5.36. The Labute approximate surface area is 135 Å². The first-order valence-corrected chi connectivity index (χ1v) is 7.54. The summed E-state index contributed by atoms with van der Waals surface area (Å²) < 4.78 is 6.96. The van der Waals surface area contributed by atoms with E-state index in [1.807, 2.05) is 41.2 Å². The van der Waals surface area contributed by atoms with Gasteiger partial charge in [-0.1, -0.05) is 47.7 Å². The highest BCUT2D eigenvalue weighted by Crippen LogP contribution is 2.30. The number of rotatable bonds is 6. The van der Waals surface area contributed by atoms with Gasteiger partial charge >= 0.3 is 0 Å². The number of phenols is 1. The minimum absolute atomic E-state index is 0.201. The van der Waals surface area contributed by atoms with Crippen LogP contribution < -0.4 is 4.74 Å². The standard InChI is InChI=1S/C18H19N3O2/c1-23-17-9-5-8-15(18(17)22)10-11-16-13-21(20-19-16)12-14-6-3-2-4-7-14/h2-9,13,22H,10-12H2,1H3. The van der Waals surface area contributed by atoms with E-state index in [9.17, 15) is 5.11 Å². The van der Waals surface area contributed by atoms with E-state index in [-0.39, 0.29) is 5.75 Å². The van der Waals surface area contributed by atoms with Crippen LogP contribution in [0.1, 0.15) is 16.8 Å². The van der Waals surface area contributed by atoms with Crippen LogP contribution in [-0.4, -0.2) is 27.2 Å². The number of nitrogens with zero attached hydrogens (tertiary/aromatic N) is 3. The highest BCUT2D eigenvalue weighted by atomic mass is 16.5. The van der Waals surface area contributed by atoms with E-state index in [1.165, 1.54) is 5.56 Å². The zero-order valence-corrected chi connectivity index (χ0v) is 13.0. The van der Waals surface area contributed by atoms with Gasteiger partial charge in [-0.05, 0) is 30.0 Å². The number of hydrogen-bond acceptors (Lipinski definition) is 4. The number of ether oxygens (including phenoxy) is 1. The van der Waals surface area contributed by atoms with Gasteiger partial charge in [0.1, 0.15) is 0 Å². The van der Waals surface area contributed by atoms with E-state index in [0.717, 1.165) is 17.7 Å². The van der Waals surface area contributed by atoms with Crippen molar-refractivity contribution in [2.45, 2.75) is 19.4 Å². The van der Waals surface area contributed by atoms with Crippen LogP contribution in [0.15, 0.2) is 54.7 Å². The summed E-state index contributed by atoms with van der Waals surface area (Å²) >= 11 is 0. The second kappa shape index (κ2) is 6.96. The van der Waals surface area contributed by atoms with Crippen molar-refractivity contribution in [2.75, 3.05) is 7.11 Å². The fourth-order valence-electron chi connectivity index (χ4n) is 2.50. The lowest BCUT2D eigenvalue weighted by Crippen LogP contribution is -1.99. The molecular weight excluding hydrogens is 290 g/mol. The zero-order valence-electron chi connectivity index (χ0n) is 13.0. The average Bonchev–Trinajstić information content (AvgIpc) is 3.02. The molecule has 118 valence electrons. The van der Waals surface area contributed by atoms with Gasteiger partial charge in [0, 0.05) is 6.20 Å². The van der Waals surface area contributed by atoms with Crippen molar-refractivity contribution in [3.05, 3.63) is 71.5 Å². The van der Waals surface area contributed by atoms with E-state index < -0.39 is 0 Å². The fourth-order valence-corrected chi connectivity index (χ4v) is 2.50. The van der Waals surface area contributed by atoms with Gasteiger partial charge in [-0.25, -0.2) is 4.68 Å². The Morgan fingerprint density at radius 1 is 1.04 bits per heavy atom. The molecule has 5 heteroatoms. The smallest absolute Gasteiger partial charge is 0.160 e. The Bertz CT molecular complexity index is 769. The van der Waals surface area contributed by atoms with Crippen LogP contribution >= 0.6 is 0 Å². The lowest BCUT2D eigenvalue weighted by atomic mass is 10.1. The summed E-state index contributed by atoms with van der Waals surface area (Å²) in [6.07, 6.45) is 3.35. The van der Waals surface area contributed by atoms with Gasteiger partial charge in [0.2, 0.25) is 0 Å². The predicted molar refractivity (Wildman–Crippen MR) is 87.6 cm³/mol. The van der Waals surface area contributed by atoms with E-state index in [4.69, 9.17) is 4.74 Å². The molecule has 0 aliphatic carbocycles. The van der Waals surface area contributed by atoms with Crippen LogP contribution in [-0.2, 0) is 19.4 Å². The van der Waals surface area contributed by atoms with Gasteiger partial charge < -0.3 is 9.84 Å². The molecule has 0 aliphatic heterocycles. The van der Waals surface area contributed by atoms with Gasteiger partial charge in [0.25, 0.3) is 0 Å². The van der Waals surface area contributed by atoms with E-state index in [2.05, 4.69) is 22.4 Å². The van der Waals surface area contributed by atoms with E-state index in [0.29, 0.717) is 18.7 Å². The zero-order chi connectivity index (χ0) is 16.1. The normalized spacial score (nSPS) is 10.7. The molecule has 0 unspecified atom stereocenters. The van der Waals surface area contributed by atoms with Crippen LogP contribution in [0.5, 0.6) is 11.5 Å². The fraction of sp³-hybridized carbons (Fsp3) is 0.222. The minimum atomic E-state index is 0.201. The van der Waals surface area contributed by atoms with Gasteiger partial charge in [0.15, 0.2) is 11.5 Å². The molecule has 23 heavy (non-hydrogen) atoms. The number of phenolic OH excluding ortho intramolecular Hbond substituents is 1. The highest BCUT2D eigenvalue weighted by molar-refractivity contribution is 5.45. The lowest BCUT2D eigenvalue weighted by Gasteiger charge is -2.07. The molecule has 0 radical (unpaired) electrons. The molecule has 2 aromatic carbocycles. The van der Waals surface area contributed by atoms with E-state index >= 15 is 0 Å². The summed E-state index contributed by atoms with van der Waals surface area (Å²) in [4.78, 5) is 0. The molecule has 0 saturated heterocycles. The summed E-state index contributed by atoms with van der Waals surface area (Å²) in [6, 6.07) is 15.7. The predicted octanol–water partition coefficient (Wildman–Crippen LogP) is 2.83. The van der Waals surface area contributed by atoms with Crippen LogP contribution in [0.2, 0.25) is 0 Å². The summed E-state index contributed by atoms with van der Waals surface area (Å²) in [5.41, 5.74) is 2.94. The molecular formula is C18H19N3O2. The highest BCUT2D eigenvalue weighted by Gasteiger charge is 2.09. The molecule has 3 rings (SSSR count). The molecule has 0 atom stereocenters. The third-order valence-electron chi connectivity index (χ3n) is 3.73. The molecule has 0 fully saturated rings. The summed E-state index contributed by atoms with van der Waals surface area (Å²) in [5, 5.41) is 18.5. The van der Waals surface area contributed by atoms with E-state index in [1.54, 1.807) is 13.2 Å². The number of aryl methyl sites for hydroxylation is 2. The monoisotopic (exact) mass is 309 g/mol. The molecule has 3 aromatic rings. The van der Waals surface area contributed by atoms with Crippen molar-refractivity contribution < 1.29 is 9.84 Å². The Morgan fingerprint density at radius 2 is 1.87 bits per heavy atom. The Morgan fingerprint density at radius 3 is 2.65 bits per heavy atom. The number of aromatic nitrogens is 3. The van der Waals surface area contributed by atoms with Crippen molar-refractivity contribution in [3.63, 3.8) is 0 Å². The lowest BCUT2D eigenvalue weighted by molar-refractivity contribution is 0.370. The number of benzene rings is 2. The van der Waals surface area contributed by atoms with Gasteiger partial charge in [-0.2, -0.15) is 0 Å². The largest absolute Gasteiger partial charge is 0.504 e. The van der Waals surface area contributed by atoms with Crippen LogP contribution in [0.25, 0.3) is 0 Å². The van der Waals surface area contributed by atoms with Crippen molar-refractivity contribution in [1.82, 2.24) is 15.0 Å². The molecule has 1 N–H and O–H groups in total. The SMILES string of the molecule is COc1cccc(CCc2cn(Cc3ccccc3)nn2)c1O. The number of aromatic hydroxyl groups is 1. The summed E-state index contributed by atoms with van der Waals surface area (Å²) in [7, 11) is 1.55. The maximum Gasteiger partial charge on any atom is 0.160 e. The first-order valence-electron chi connectivity index (χ1n) is 7.54. The van der Waals surface area contributed by atoms with Crippen LogP contribution in [0, 0.1) is 0 Å². The number of methoxy groups -OCH3 is 1. The Hall–Kier alpha value is -2.82. The Balaban J connectivity index is 1.64. The first kappa shape index (κ1) is 15.1. The third kappa shape index (κ3) is 3.69. The van der Waals surface area contributed by atoms with Crippen molar-refractivity contribution >= 4 is 0 Å². The van der Waals surface area contributed by atoms with Crippen molar-refractivity contribution in [3.8, 4) is 11.5 Å². The van der Waals surface area contributed by atoms with Gasteiger partial charge in [-0.3, -0.25) is 0 Å². The topological polar surface area (TPSA) is 60.2 Å². The summed E-state index contributed by atoms with van der Waals surface area (Å²) in [6.45, 7) is 0.707. The quantitative estimate of drug-likeness (QED) is 0.760. The molecule has 1 heterocycles. The molecule has 5 nitrogen and oxygen atoms in total. The Kier molecular flexibility index (Phi) is 4.57. The second-order valence-corrected chi connectivity index (χ2v) is 5.36. The van der Waals surface area contributed by atoms with Crippen molar-refractivity contribution in [2.24, 2.45) is 0 Å². The summed E-state index contributed by atoms with van der Waals surface area (Å²) in [5.74, 6) is 0.696. The van der Waals surface area contributed by atoms with Crippen LogP contribution in [0.3, 0.4) is 0 Å². The van der Waals surface area contributed by atoms with Crippen molar-refractivity contribution in [1.29, 1.82) is 0 Å². The number of para-hydroxylation sites is 1. The van der Waals surface area contributed by atoms with Crippen LogP contribution in [0.4, 0.5) is 0 Å². The molecule has 0 saturated carbocycles. The van der Waals surface area contributed by atoms with Gasteiger partial charge in [0.05, 0.1) is 19.3 Å². The minimum Gasteiger partial charge on any atom is -0.504 e. The first-order chi connectivity index (χ1) is 11.3. The van der Waals surface area contributed by atoms with Gasteiger partial charge in [-0.15, -0.1) is 5.10 Å². The molecule has 0 bridgehead atoms. The molecule has 0 aliphatic rings. The maximum absolute atomic E-state index is 10.1. The molecule has 0 amide bonds. The third-order valence-corrected chi connectivity index (χ3v) is 3.73.